The first-order chi connectivity index (χ1) is 6.43. The van der Waals surface area contributed by atoms with Crippen LogP contribution in [0.1, 0.15) is 26.7 Å². The van der Waals surface area contributed by atoms with E-state index in [4.69, 9.17) is 4.74 Å². The third-order valence-electron chi connectivity index (χ3n) is 2.57. The molecule has 3 nitrogen and oxygen atoms in total. The van der Waals surface area contributed by atoms with E-state index in [-0.39, 0.29) is 6.04 Å². The molecular weight excluding hydrogens is 185 g/mol. The van der Waals surface area contributed by atoms with Crippen LogP contribution in [0.3, 0.4) is 0 Å². The lowest BCUT2D eigenvalue weighted by molar-refractivity contribution is -0.144. The third kappa shape index (κ3) is 2.67. The molecule has 0 saturated carbocycles. The van der Waals surface area contributed by atoms with Gasteiger partial charge >= 0.3 is 0 Å². The Bertz CT molecular complexity index is 207. The number of amides is 1. The lowest BCUT2D eigenvalue weighted by Gasteiger charge is -2.33. The van der Waals surface area contributed by atoms with Crippen molar-refractivity contribution < 1.29 is 13.9 Å². The Morgan fingerprint density at radius 1 is 1.43 bits per heavy atom. The van der Waals surface area contributed by atoms with Crippen LogP contribution in [0.15, 0.2) is 0 Å². The van der Waals surface area contributed by atoms with E-state index in [9.17, 15) is 9.18 Å². The second-order valence-electron chi connectivity index (χ2n) is 4.23. The minimum atomic E-state index is -1.77. The molecular formula is C10H18FNO2. The maximum Gasteiger partial charge on any atom is 0.259 e. The summed E-state index contributed by atoms with van der Waals surface area (Å²) in [6.45, 7) is 3.92. The number of carbonyl (C=O) groups excluding carboxylic acids is 1. The quantitative estimate of drug-likeness (QED) is 0.678. The predicted octanol–water partition coefficient (Wildman–Crippen LogP) is 1.37. The van der Waals surface area contributed by atoms with Gasteiger partial charge in [-0.15, -0.1) is 0 Å². The third-order valence-corrected chi connectivity index (χ3v) is 2.57. The number of ether oxygens (including phenoxy) is 1. The van der Waals surface area contributed by atoms with E-state index in [0.29, 0.717) is 13.2 Å². The molecule has 0 N–H and O–H groups in total. The Morgan fingerprint density at radius 2 is 1.93 bits per heavy atom. The van der Waals surface area contributed by atoms with Crippen molar-refractivity contribution in [2.24, 2.45) is 0 Å². The SMILES string of the molecule is CN(C(=O)C(C)(C)F)C1CCOCC1. The predicted molar refractivity (Wildman–Crippen MR) is 51.8 cm³/mol. The molecule has 0 aliphatic carbocycles. The van der Waals surface area contributed by atoms with E-state index < -0.39 is 11.6 Å². The summed E-state index contributed by atoms with van der Waals surface area (Å²) < 4.78 is 18.5. The zero-order chi connectivity index (χ0) is 10.8. The highest BCUT2D eigenvalue weighted by molar-refractivity contribution is 5.84. The van der Waals surface area contributed by atoms with Crippen molar-refractivity contribution in [1.29, 1.82) is 0 Å². The fourth-order valence-corrected chi connectivity index (χ4v) is 1.66. The van der Waals surface area contributed by atoms with Crippen molar-refractivity contribution in [3.05, 3.63) is 0 Å². The molecule has 82 valence electrons. The van der Waals surface area contributed by atoms with Crippen molar-refractivity contribution in [2.45, 2.75) is 38.4 Å². The van der Waals surface area contributed by atoms with Crippen molar-refractivity contribution >= 4 is 5.91 Å². The van der Waals surface area contributed by atoms with Crippen molar-refractivity contribution in [1.82, 2.24) is 4.90 Å². The molecule has 14 heavy (non-hydrogen) atoms. The van der Waals surface area contributed by atoms with E-state index in [1.54, 1.807) is 7.05 Å². The molecule has 0 atom stereocenters. The summed E-state index contributed by atoms with van der Waals surface area (Å²) in [6, 6.07) is 0.131. The molecule has 1 saturated heterocycles. The molecule has 0 aromatic rings. The summed E-state index contributed by atoms with van der Waals surface area (Å²) in [6.07, 6.45) is 1.61. The molecule has 1 rings (SSSR count). The average Bonchev–Trinajstić information content (AvgIpc) is 2.15. The van der Waals surface area contributed by atoms with Gasteiger partial charge in [0.2, 0.25) is 0 Å². The number of hydrogen-bond acceptors (Lipinski definition) is 2. The van der Waals surface area contributed by atoms with Gasteiger partial charge in [0.25, 0.3) is 5.91 Å². The Labute approximate surface area is 84.2 Å². The average molecular weight is 203 g/mol. The smallest absolute Gasteiger partial charge is 0.259 e. The lowest BCUT2D eigenvalue weighted by atomic mass is 10.0. The second-order valence-corrected chi connectivity index (χ2v) is 4.23. The van der Waals surface area contributed by atoms with Gasteiger partial charge in [-0.3, -0.25) is 4.79 Å². The van der Waals surface area contributed by atoms with Crippen LogP contribution < -0.4 is 0 Å². The highest BCUT2D eigenvalue weighted by Crippen LogP contribution is 2.18. The van der Waals surface area contributed by atoms with Gasteiger partial charge in [-0.2, -0.15) is 0 Å². The number of carbonyl (C=O) groups is 1. The van der Waals surface area contributed by atoms with Crippen molar-refractivity contribution in [3.63, 3.8) is 0 Å². The first-order valence-electron chi connectivity index (χ1n) is 4.97. The fourth-order valence-electron chi connectivity index (χ4n) is 1.66. The van der Waals surface area contributed by atoms with Crippen molar-refractivity contribution in [3.8, 4) is 0 Å². The van der Waals surface area contributed by atoms with Gasteiger partial charge < -0.3 is 9.64 Å². The molecule has 4 heteroatoms. The molecule has 1 aliphatic heterocycles. The van der Waals surface area contributed by atoms with E-state index in [1.165, 1.54) is 18.7 Å². The van der Waals surface area contributed by atoms with Crippen LogP contribution in [0, 0.1) is 0 Å². The molecule has 0 aromatic heterocycles. The lowest BCUT2D eigenvalue weighted by Crippen LogP contribution is -2.47. The number of hydrogen-bond donors (Lipinski definition) is 0. The zero-order valence-electron chi connectivity index (χ0n) is 9.05. The molecule has 0 bridgehead atoms. The fraction of sp³-hybridized carbons (Fsp3) is 0.900. The summed E-state index contributed by atoms with van der Waals surface area (Å²) in [5.74, 6) is -0.440. The zero-order valence-corrected chi connectivity index (χ0v) is 9.05. The van der Waals surface area contributed by atoms with E-state index >= 15 is 0 Å². The molecule has 0 radical (unpaired) electrons. The number of nitrogens with zero attached hydrogens (tertiary/aromatic N) is 1. The normalized spacial score (nSPS) is 19.4. The molecule has 1 aliphatic rings. The standard InChI is InChI=1S/C10H18FNO2/c1-10(2,11)9(13)12(3)8-4-6-14-7-5-8/h8H,4-7H2,1-3H3. The van der Waals surface area contributed by atoms with Crippen LogP contribution in [-0.4, -0.2) is 42.8 Å². The molecule has 0 aromatic carbocycles. The molecule has 1 heterocycles. The summed E-state index contributed by atoms with van der Waals surface area (Å²) in [7, 11) is 1.67. The molecule has 1 amide bonds. The van der Waals surface area contributed by atoms with Gasteiger partial charge in [0, 0.05) is 26.3 Å². The number of alkyl halides is 1. The molecule has 0 spiro atoms. The van der Waals surface area contributed by atoms with Gasteiger partial charge in [0.05, 0.1) is 0 Å². The van der Waals surface area contributed by atoms with Gasteiger partial charge in [-0.05, 0) is 26.7 Å². The van der Waals surface area contributed by atoms with E-state index in [1.807, 2.05) is 0 Å². The maximum atomic E-state index is 13.4. The maximum absolute atomic E-state index is 13.4. The minimum Gasteiger partial charge on any atom is -0.381 e. The largest absolute Gasteiger partial charge is 0.381 e. The van der Waals surface area contributed by atoms with E-state index in [2.05, 4.69) is 0 Å². The summed E-state index contributed by atoms with van der Waals surface area (Å²) in [5.41, 5.74) is -1.77. The monoisotopic (exact) mass is 203 g/mol. The van der Waals surface area contributed by atoms with Crippen molar-refractivity contribution in [2.75, 3.05) is 20.3 Å². The van der Waals surface area contributed by atoms with Gasteiger partial charge in [-0.25, -0.2) is 4.39 Å². The number of halogens is 1. The molecule has 1 fully saturated rings. The Kier molecular flexibility index (Phi) is 3.48. The van der Waals surface area contributed by atoms with Gasteiger partial charge in [0.1, 0.15) is 0 Å². The Balaban J connectivity index is 2.55. The summed E-state index contributed by atoms with van der Waals surface area (Å²) in [5, 5.41) is 0. The highest BCUT2D eigenvalue weighted by atomic mass is 19.1. The highest BCUT2D eigenvalue weighted by Gasteiger charge is 2.33. The van der Waals surface area contributed by atoms with Gasteiger partial charge in [0.15, 0.2) is 5.67 Å². The van der Waals surface area contributed by atoms with Crippen LogP contribution in [0.4, 0.5) is 4.39 Å². The van der Waals surface area contributed by atoms with Crippen LogP contribution in [0.25, 0.3) is 0 Å². The summed E-state index contributed by atoms with van der Waals surface area (Å²) >= 11 is 0. The Hall–Kier alpha value is -0.640. The first-order valence-corrected chi connectivity index (χ1v) is 4.97. The Morgan fingerprint density at radius 3 is 2.36 bits per heavy atom. The summed E-state index contributed by atoms with van der Waals surface area (Å²) in [4.78, 5) is 13.1. The number of rotatable bonds is 2. The van der Waals surface area contributed by atoms with Crippen LogP contribution in [0.5, 0.6) is 0 Å². The van der Waals surface area contributed by atoms with Crippen LogP contribution in [0.2, 0.25) is 0 Å². The van der Waals surface area contributed by atoms with E-state index in [0.717, 1.165) is 12.8 Å². The van der Waals surface area contributed by atoms with Gasteiger partial charge in [-0.1, -0.05) is 0 Å². The van der Waals surface area contributed by atoms with Crippen LogP contribution >= 0.6 is 0 Å². The molecule has 0 unspecified atom stereocenters. The first kappa shape index (κ1) is 11.4. The van der Waals surface area contributed by atoms with Crippen LogP contribution in [-0.2, 0) is 9.53 Å². The topological polar surface area (TPSA) is 29.5 Å². The second kappa shape index (κ2) is 4.26. The minimum absolute atomic E-state index is 0.131.